The van der Waals surface area contributed by atoms with Gasteiger partial charge in [0.2, 0.25) is 0 Å². The van der Waals surface area contributed by atoms with Gasteiger partial charge in [0.1, 0.15) is 0 Å². The minimum Gasteiger partial charge on any atom is -0.264 e. The van der Waals surface area contributed by atoms with Crippen molar-refractivity contribution in [3.8, 4) is 0 Å². The molecule has 0 aliphatic heterocycles. The molecule has 0 heterocycles. The highest BCUT2D eigenvalue weighted by molar-refractivity contribution is 7.80. The monoisotopic (exact) mass is 370 g/mol. The zero-order chi connectivity index (χ0) is 18.0. The molecule has 4 aliphatic rings. The molecule has 4 nitrogen and oxygen atoms in total. The van der Waals surface area contributed by atoms with Crippen molar-refractivity contribution < 1.29 is 17.2 Å². The largest absolute Gasteiger partial charge is 0.397 e. The number of fused-ring (bicyclic) bond motifs is 5. The summed E-state index contributed by atoms with van der Waals surface area (Å²) < 4.78 is 36.1. The predicted molar refractivity (Wildman–Crippen MR) is 97.3 cm³/mol. The second-order valence-corrected chi connectivity index (χ2v) is 11.1. The molecule has 0 aromatic rings. The van der Waals surface area contributed by atoms with Crippen LogP contribution in [0.5, 0.6) is 0 Å². The van der Waals surface area contributed by atoms with Crippen LogP contribution in [0.1, 0.15) is 78.6 Å². The SMILES string of the molecule is CC1CC[C@H]2[C@H]3CC[C@@H]4C[C@H](OS(=O)(=O)O)CC[C@]4(C)[C@H]3CC[C@@]12C. The molecule has 4 saturated carbocycles. The molecule has 25 heavy (non-hydrogen) atoms. The maximum atomic E-state index is 11.1. The van der Waals surface area contributed by atoms with E-state index in [-0.39, 0.29) is 6.10 Å². The normalized spacial score (nSPS) is 53.0. The molecule has 0 aromatic heterocycles. The molecule has 4 aliphatic carbocycles. The van der Waals surface area contributed by atoms with E-state index in [0.29, 0.717) is 16.7 Å². The van der Waals surface area contributed by atoms with Crippen LogP contribution in [0, 0.1) is 40.4 Å². The van der Waals surface area contributed by atoms with Crippen LogP contribution < -0.4 is 0 Å². The van der Waals surface area contributed by atoms with Crippen molar-refractivity contribution in [3.63, 3.8) is 0 Å². The van der Waals surface area contributed by atoms with E-state index in [2.05, 4.69) is 20.8 Å². The van der Waals surface area contributed by atoms with Crippen molar-refractivity contribution in [1.29, 1.82) is 0 Å². The Hall–Kier alpha value is -0.130. The van der Waals surface area contributed by atoms with Crippen LogP contribution in [0.3, 0.4) is 0 Å². The Bertz CT molecular complexity index is 632. The highest BCUT2D eigenvalue weighted by Gasteiger charge is 2.59. The Labute approximate surface area is 153 Å². The van der Waals surface area contributed by atoms with Gasteiger partial charge in [-0.15, -0.1) is 0 Å². The lowest BCUT2D eigenvalue weighted by molar-refractivity contribution is -0.123. The summed E-state index contributed by atoms with van der Waals surface area (Å²) >= 11 is 0. The lowest BCUT2D eigenvalue weighted by atomic mass is 9.45. The van der Waals surface area contributed by atoms with Crippen molar-refractivity contribution in [2.75, 3.05) is 0 Å². The van der Waals surface area contributed by atoms with E-state index in [1.54, 1.807) is 0 Å². The summed E-state index contributed by atoms with van der Waals surface area (Å²) in [5.74, 6) is 3.96. The van der Waals surface area contributed by atoms with Gasteiger partial charge in [0.15, 0.2) is 0 Å². The Morgan fingerprint density at radius 1 is 0.920 bits per heavy atom. The fourth-order valence-electron chi connectivity index (χ4n) is 7.74. The van der Waals surface area contributed by atoms with E-state index < -0.39 is 10.4 Å². The molecule has 4 fully saturated rings. The minimum absolute atomic E-state index is 0.329. The summed E-state index contributed by atoms with van der Waals surface area (Å²) in [5.41, 5.74) is 0.880. The van der Waals surface area contributed by atoms with Crippen molar-refractivity contribution in [2.24, 2.45) is 40.4 Å². The van der Waals surface area contributed by atoms with Crippen LogP contribution in [0.2, 0.25) is 0 Å². The average molecular weight is 371 g/mol. The number of hydrogen-bond donors (Lipinski definition) is 1. The van der Waals surface area contributed by atoms with Gasteiger partial charge in [-0.25, -0.2) is 4.18 Å². The van der Waals surface area contributed by atoms with Gasteiger partial charge in [-0.05, 0) is 98.2 Å². The molecule has 144 valence electrons. The van der Waals surface area contributed by atoms with Crippen LogP contribution in [0.25, 0.3) is 0 Å². The van der Waals surface area contributed by atoms with Crippen LogP contribution in [0.15, 0.2) is 0 Å². The zero-order valence-corrected chi connectivity index (χ0v) is 16.7. The quantitative estimate of drug-likeness (QED) is 0.706. The van der Waals surface area contributed by atoms with Crippen LogP contribution in [-0.2, 0) is 14.6 Å². The molecule has 0 spiro atoms. The van der Waals surface area contributed by atoms with Crippen molar-refractivity contribution in [2.45, 2.75) is 84.7 Å². The summed E-state index contributed by atoms with van der Waals surface area (Å²) in [6, 6.07) is 0. The average Bonchev–Trinajstić information content (AvgIpc) is 2.82. The first-order chi connectivity index (χ1) is 11.6. The summed E-state index contributed by atoms with van der Waals surface area (Å²) in [5, 5.41) is 0. The first kappa shape index (κ1) is 18.2. The lowest BCUT2D eigenvalue weighted by Gasteiger charge is -2.61. The van der Waals surface area contributed by atoms with E-state index in [1.165, 1.54) is 38.5 Å². The summed E-state index contributed by atoms with van der Waals surface area (Å²) in [4.78, 5) is 0. The Morgan fingerprint density at radius 2 is 1.60 bits per heavy atom. The standard InChI is InChI=1S/C20H34O4S/c1-13-4-7-17-16-6-5-14-12-15(24-25(21,22)23)8-10-20(14,3)18(16)9-11-19(13,17)2/h13-18H,4-12H2,1-3H3,(H,21,22,23)/t13?,14-,15-,16-,17+,18+,19+,20+/m1/s1. The topological polar surface area (TPSA) is 63.6 Å². The van der Waals surface area contributed by atoms with Crippen LogP contribution in [-0.4, -0.2) is 19.1 Å². The third kappa shape index (κ3) is 2.89. The van der Waals surface area contributed by atoms with Crippen LogP contribution in [0.4, 0.5) is 0 Å². The molecule has 8 atom stereocenters. The highest BCUT2D eigenvalue weighted by Crippen LogP contribution is 2.67. The van der Waals surface area contributed by atoms with Gasteiger partial charge in [0, 0.05) is 0 Å². The van der Waals surface area contributed by atoms with E-state index in [0.717, 1.165) is 42.9 Å². The van der Waals surface area contributed by atoms with Gasteiger partial charge in [-0.2, -0.15) is 8.42 Å². The minimum atomic E-state index is -4.33. The Kier molecular flexibility index (Phi) is 4.33. The second kappa shape index (κ2) is 5.93. The third-order valence-electron chi connectivity index (χ3n) is 9.35. The molecule has 5 heteroatoms. The first-order valence-electron chi connectivity index (χ1n) is 10.3. The molecule has 0 amide bonds. The molecule has 0 radical (unpaired) electrons. The number of rotatable bonds is 2. The van der Waals surface area contributed by atoms with Crippen molar-refractivity contribution >= 4 is 10.4 Å². The maximum Gasteiger partial charge on any atom is 0.397 e. The van der Waals surface area contributed by atoms with E-state index in [4.69, 9.17) is 8.74 Å². The Balaban J connectivity index is 1.53. The third-order valence-corrected chi connectivity index (χ3v) is 9.86. The fourth-order valence-corrected chi connectivity index (χ4v) is 8.26. The van der Waals surface area contributed by atoms with Gasteiger partial charge in [-0.3, -0.25) is 4.55 Å². The maximum absolute atomic E-state index is 11.1. The van der Waals surface area contributed by atoms with Gasteiger partial charge in [0.25, 0.3) is 0 Å². The molecule has 0 saturated heterocycles. The predicted octanol–water partition coefficient (Wildman–Crippen LogP) is 4.85. The fraction of sp³-hybridized carbons (Fsp3) is 1.00. The molecular formula is C20H34O4S. The van der Waals surface area contributed by atoms with Gasteiger partial charge < -0.3 is 0 Å². The van der Waals surface area contributed by atoms with Crippen LogP contribution >= 0.6 is 0 Å². The molecule has 0 aromatic carbocycles. The van der Waals surface area contributed by atoms with Gasteiger partial charge in [0.05, 0.1) is 6.10 Å². The molecular weight excluding hydrogens is 336 g/mol. The molecule has 1 N–H and O–H groups in total. The van der Waals surface area contributed by atoms with E-state index >= 15 is 0 Å². The van der Waals surface area contributed by atoms with Gasteiger partial charge >= 0.3 is 10.4 Å². The second-order valence-electron chi connectivity index (χ2n) is 10.1. The summed E-state index contributed by atoms with van der Waals surface area (Å²) in [6.07, 6.45) is 10.3. The molecule has 0 bridgehead atoms. The van der Waals surface area contributed by atoms with Crippen molar-refractivity contribution in [3.05, 3.63) is 0 Å². The smallest absolute Gasteiger partial charge is 0.264 e. The summed E-state index contributed by atoms with van der Waals surface area (Å²) in [7, 11) is -4.33. The number of hydrogen-bond acceptors (Lipinski definition) is 3. The Morgan fingerprint density at radius 3 is 2.32 bits per heavy atom. The van der Waals surface area contributed by atoms with E-state index in [1.807, 2.05) is 0 Å². The lowest BCUT2D eigenvalue weighted by Crippen LogP contribution is -2.54. The first-order valence-corrected chi connectivity index (χ1v) is 11.7. The summed E-state index contributed by atoms with van der Waals surface area (Å²) in [6.45, 7) is 7.49. The zero-order valence-electron chi connectivity index (χ0n) is 15.9. The van der Waals surface area contributed by atoms with Crippen molar-refractivity contribution in [1.82, 2.24) is 0 Å². The molecule has 1 unspecified atom stereocenters. The molecule has 4 rings (SSSR count). The highest BCUT2D eigenvalue weighted by atomic mass is 32.3. The van der Waals surface area contributed by atoms with E-state index in [9.17, 15) is 8.42 Å². The van der Waals surface area contributed by atoms with Gasteiger partial charge in [-0.1, -0.05) is 20.8 Å².